The van der Waals surface area contributed by atoms with E-state index in [1.807, 2.05) is 25.1 Å². The lowest BCUT2D eigenvalue weighted by Crippen LogP contribution is -2.39. The Labute approximate surface area is 153 Å². The Hall–Kier alpha value is -2.43. The molecule has 2 bridgehead atoms. The molecule has 2 fully saturated rings. The average Bonchev–Trinajstić information content (AvgIpc) is 3.26. The van der Waals surface area contributed by atoms with E-state index in [1.165, 1.54) is 4.90 Å². The second-order valence-corrected chi connectivity index (χ2v) is 8.00. The van der Waals surface area contributed by atoms with Crippen molar-refractivity contribution in [2.45, 2.75) is 33.1 Å². The second kappa shape index (κ2) is 6.08. The Balaban J connectivity index is 1.50. The Bertz CT molecular complexity index is 797. The number of para-hydroxylation sites is 1. The van der Waals surface area contributed by atoms with Crippen LogP contribution < -0.4 is 5.32 Å². The summed E-state index contributed by atoms with van der Waals surface area (Å²) in [5.41, 5.74) is 2.81. The number of fused-ring (bicyclic) bond motifs is 5. The van der Waals surface area contributed by atoms with Gasteiger partial charge in [-0.2, -0.15) is 0 Å². The third-order valence-electron chi connectivity index (χ3n) is 6.05. The summed E-state index contributed by atoms with van der Waals surface area (Å²) in [4.78, 5) is 39.2. The Morgan fingerprint density at radius 1 is 1.15 bits per heavy atom. The van der Waals surface area contributed by atoms with Crippen molar-refractivity contribution in [2.24, 2.45) is 23.7 Å². The molecule has 1 aliphatic heterocycles. The molecule has 5 nitrogen and oxygen atoms in total. The molecule has 4 unspecified atom stereocenters. The molecule has 1 N–H and O–H groups in total. The highest BCUT2D eigenvalue weighted by molar-refractivity contribution is 6.09. The van der Waals surface area contributed by atoms with E-state index in [1.54, 1.807) is 0 Å². The van der Waals surface area contributed by atoms with Gasteiger partial charge in [0.05, 0.1) is 11.8 Å². The van der Waals surface area contributed by atoms with Gasteiger partial charge in [0.15, 0.2) is 0 Å². The zero-order chi connectivity index (χ0) is 18.6. The minimum Gasteiger partial charge on any atom is -0.324 e. The Morgan fingerprint density at radius 2 is 1.77 bits per heavy atom. The number of likely N-dealkylation sites (tertiary alicyclic amines) is 1. The van der Waals surface area contributed by atoms with Gasteiger partial charge in [0.25, 0.3) is 0 Å². The number of hydrogen-bond donors (Lipinski definition) is 1. The van der Waals surface area contributed by atoms with Crippen molar-refractivity contribution in [2.75, 3.05) is 11.9 Å². The summed E-state index contributed by atoms with van der Waals surface area (Å²) in [6.07, 6.45) is 5.01. The number of carbonyl (C=O) groups excluding carboxylic acids is 3. The van der Waals surface area contributed by atoms with E-state index in [2.05, 4.69) is 31.3 Å². The molecule has 1 saturated heterocycles. The number of anilines is 1. The monoisotopic (exact) mass is 352 g/mol. The predicted molar refractivity (Wildman–Crippen MR) is 98.3 cm³/mol. The number of benzene rings is 1. The molecule has 0 aromatic heterocycles. The van der Waals surface area contributed by atoms with Crippen LogP contribution in [0.25, 0.3) is 0 Å². The highest BCUT2D eigenvalue weighted by Gasteiger charge is 2.59. The summed E-state index contributed by atoms with van der Waals surface area (Å²) >= 11 is 0. The molecule has 1 saturated carbocycles. The van der Waals surface area contributed by atoms with Gasteiger partial charge in [0.2, 0.25) is 17.7 Å². The van der Waals surface area contributed by atoms with E-state index in [-0.39, 0.29) is 53.9 Å². The Morgan fingerprint density at radius 3 is 2.35 bits per heavy atom. The first-order valence-electron chi connectivity index (χ1n) is 9.31. The second-order valence-electron chi connectivity index (χ2n) is 8.00. The van der Waals surface area contributed by atoms with Crippen molar-refractivity contribution < 1.29 is 14.4 Å². The van der Waals surface area contributed by atoms with Crippen molar-refractivity contribution in [1.82, 2.24) is 4.90 Å². The van der Waals surface area contributed by atoms with E-state index < -0.39 is 0 Å². The van der Waals surface area contributed by atoms with Gasteiger partial charge in [-0.1, -0.05) is 44.2 Å². The SMILES string of the molecule is Cc1cccc(C(C)C)c1NC(=O)CN1C(=O)C2C3C=CC(C3)C2C1=O. The van der Waals surface area contributed by atoms with Gasteiger partial charge < -0.3 is 5.32 Å². The number of nitrogens with zero attached hydrogens (tertiary/aromatic N) is 1. The van der Waals surface area contributed by atoms with Crippen molar-refractivity contribution >= 4 is 23.4 Å². The standard InChI is InChI=1S/C21H24N2O3/c1-11(2)15-6-4-5-12(3)19(15)22-16(24)10-23-20(25)17-13-7-8-14(9-13)18(17)21(23)26/h4-8,11,13-14,17-18H,9-10H2,1-3H3,(H,22,24). The van der Waals surface area contributed by atoms with Crippen LogP contribution in [0.2, 0.25) is 0 Å². The fraction of sp³-hybridized carbons (Fsp3) is 0.476. The largest absolute Gasteiger partial charge is 0.324 e. The van der Waals surface area contributed by atoms with Gasteiger partial charge in [-0.3, -0.25) is 19.3 Å². The molecule has 1 heterocycles. The number of allylic oxidation sites excluding steroid dienone is 2. The van der Waals surface area contributed by atoms with Crippen molar-refractivity contribution in [3.8, 4) is 0 Å². The highest BCUT2D eigenvalue weighted by Crippen LogP contribution is 2.52. The van der Waals surface area contributed by atoms with Crippen LogP contribution in [-0.4, -0.2) is 29.2 Å². The van der Waals surface area contributed by atoms with E-state index >= 15 is 0 Å². The van der Waals surface area contributed by atoms with Crippen LogP contribution in [0, 0.1) is 30.6 Å². The van der Waals surface area contributed by atoms with Crippen LogP contribution in [-0.2, 0) is 14.4 Å². The lowest BCUT2D eigenvalue weighted by atomic mass is 9.85. The van der Waals surface area contributed by atoms with Crippen molar-refractivity contribution in [3.05, 3.63) is 41.5 Å². The highest BCUT2D eigenvalue weighted by atomic mass is 16.2. The summed E-state index contributed by atoms with van der Waals surface area (Å²) < 4.78 is 0. The van der Waals surface area contributed by atoms with Crippen LogP contribution in [0.15, 0.2) is 30.4 Å². The van der Waals surface area contributed by atoms with Gasteiger partial charge in [0, 0.05) is 5.69 Å². The maximum absolute atomic E-state index is 12.7. The minimum atomic E-state index is -0.317. The molecule has 4 atom stereocenters. The van der Waals surface area contributed by atoms with Crippen LogP contribution in [0.3, 0.4) is 0 Å². The van der Waals surface area contributed by atoms with Crippen LogP contribution in [0.1, 0.15) is 37.3 Å². The molecule has 3 amide bonds. The summed E-state index contributed by atoms with van der Waals surface area (Å²) in [5.74, 6) is -0.590. The minimum absolute atomic E-state index is 0.165. The molecule has 5 heteroatoms. The number of hydrogen-bond acceptors (Lipinski definition) is 3. The maximum atomic E-state index is 12.7. The van der Waals surface area contributed by atoms with Crippen molar-refractivity contribution in [3.63, 3.8) is 0 Å². The number of nitrogens with one attached hydrogen (secondary N) is 1. The smallest absolute Gasteiger partial charge is 0.244 e. The molecule has 136 valence electrons. The van der Waals surface area contributed by atoms with Gasteiger partial charge in [0.1, 0.15) is 6.54 Å². The van der Waals surface area contributed by atoms with E-state index in [9.17, 15) is 14.4 Å². The fourth-order valence-electron chi connectivity index (χ4n) is 4.78. The number of aryl methyl sites for hydroxylation is 1. The summed E-state index contributed by atoms with van der Waals surface area (Å²) in [6.45, 7) is 5.89. The van der Waals surface area contributed by atoms with Gasteiger partial charge in [-0.15, -0.1) is 0 Å². The number of amides is 3. The number of imide groups is 1. The van der Waals surface area contributed by atoms with Gasteiger partial charge in [-0.05, 0) is 42.2 Å². The number of carbonyl (C=O) groups is 3. The fourth-order valence-corrected chi connectivity index (χ4v) is 4.78. The lowest BCUT2D eigenvalue weighted by molar-refractivity contribution is -0.143. The molecular weight excluding hydrogens is 328 g/mol. The first kappa shape index (κ1) is 17.0. The molecule has 2 aliphatic carbocycles. The first-order valence-corrected chi connectivity index (χ1v) is 9.31. The van der Waals surface area contributed by atoms with Crippen molar-refractivity contribution in [1.29, 1.82) is 0 Å². The summed E-state index contributed by atoms with van der Waals surface area (Å²) in [7, 11) is 0. The van der Waals surface area contributed by atoms with E-state index in [0.717, 1.165) is 23.2 Å². The van der Waals surface area contributed by atoms with Crippen LogP contribution >= 0.6 is 0 Å². The molecule has 0 spiro atoms. The lowest BCUT2D eigenvalue weighted by Gasteiger charge is -2.19. The predicted octanol–water partition coefficient (Wildman–Crippen LogP) is 2.86. The average molecular weight is 352 g/mol. The quantitative estimate of drug-likeness (QED) is 0.669. The topological polar surface area (TPSA) is 66.5 Å². The first-order chi connectivity index (χ1) is 12.4. The number of rotatable bonds is 4. The van der Waals surface area contributed by atoms with Crippen LogP contribution in [0.5, 0.6) is 0 Å². The van der Waals surface area contributed by atoms with Gasteiger partial charge >= 0.3 is 0 Å². The maximum Gasteiger partial charge on any atom is 0.244 e. The van der Waals surface area contributed by atoms with Crippen LogP contribution in [0.4, 0.5) is 5.69 Å². The molecule has 3 aliphatic rings. The summed E-state index contributed by atoms with van der Waals surface area (Å²) in [6, 6.07) is 5.91. The van der Waals surface area contributed by atoms with E-state index in [0.29, 0.717) is 0 Å². The third-order valence-corrected chi connectivity index (χ3v) is 6.05. The molecular formula is C21H24N2O3. The van der Waals surface area contributed by atoms with E-state index in [4.69, 9.17) is 0 Å². The normalized spacial score (nSPS) is 29.0. The zero-order valence-corrected chi connectivity index (χ0v) is 15.4. The molecule has 1 aromatic rings. The molecule has 26 heavy (non-hydrogen) atoms. The zero-order valence-electron chi connectivity index (χ0n) is 15.4. The molecule has 0 radical (unpaired) electrons. The third kappa shape index (κ3) is 2.49. The Kier molecular flexibility index (Phi) is 3.98. The molecule has 1 aromatic carbocycles. The van der Waals surface area contributed by atoms with Gasteiger partial charge in [-0.25, -0.2) is 0 Å². The summed E-state index contributed by atoms with van der Waals surface area (Å²) in [5, 5.41) is 2.93. The molecule has 4 rings (SSSR count).